The van der Waals surface area contributed by atoms with Gasteiger partial charge in [-0.3, -0.25) is 19.2 Å². The van der Waals surface area contributed by atoms with Gasteiger partial charge in [0, 0.05) is 32.4 Å². The Morgan fingerprint density at radius 3 is 2.30 bits per heavy atom. The van der Waals surface area contributed by atoms with Crippen LogP contribution >= 0.6 is 0 Å². The van der Waals surface area contributed by atoms with Crippen molar-refractivity contribution in [3.63, 3.8) is 0 Å². The van der Waals surface area contributed by atoms with Gasteiger partial charge in [0.2, 0.25) is 12.0 Å². The van der Waals surface area contributed by atoms with Crippen LogP contribution in [-0.2, 0) is 28.7 Å². The summed E-state index contributed by atoms with van der Waals surface area (Å²) in [6.07, 6.45) is 1.36. The number of rotatable bonds is 16. The number of nitrogens with zero attached hydrogens (tertiary/aromatic N) is 2. The molecule has 0 unspecified atom stereocenters. The van der Waals surface area contributed by atoms with Crippen LogP contribution in [-0.4, -0.2) is 99.4 Å². The van der Waals surface area contributed by atoms with Crippen LogP contribution in [0.15, 0.2) is 0 Å². The van der Waals surface area contributed by atoms with Gasteiger partial charge in [-0.25, -0.2) is 0 Å². The summed E-state index contributed by atoms with van der Waals surface area (Å²) in [5.41, 5.74) is 0. The van der Waals surface area contributed by atoms with Crippen molar-refractivity contribution in [1.82, 2.24) is 15.1 Å². The van der Waals surface area contributed by atoms with E-state index in [0.717, 1.165) is 39.0 Å². The van der Waals surface area contributed by atoms with Crippen LogP contribution < -0.4 is 5.32 Å². The van der Waals surface area contributed by atoms with E-state index in [-0.39, 0.29) is 56.4 Å². The molecule has 0 spiro atoms. The van der Waals surface area contributed by atoms with Gasteiger partial charge in [0.25, 0.3) is 0 Å². The van der Waals surface area contributed by atoms with Gasteiger partial charge in [-0.05, 0) is 46.6 Å². The third-order valence-electron chi connectivity index (χ3n) is 4.75. The van der Waals surface area contributed by atoms with Gasteiger partial charge >= 0.3 is 5.97 Å². The van der Waals surface area contributed by atoms with Gasteiger partial charge in [0.15, 0.2) is 11.6 Å². The van der Waals surface area contributed by atoms with Gasteiger partial charge in [-0.15, -0.1) is 0 Å². The number of amides is 1. The lowest BCUT2D eigenvalue weighted by Crippen LogP contribution is -2.36. The van der Waals surface area contributed by atoms with Crippen molar-refractivity contribution < 1.29 is 28.7 Å². The maximum Gasteiger partial charge on any atom is 0.309 e. The summed E-state index contributed by atoms with van der Waals surface area (Å²) >= 11 is 0. The lowest BCUT2D eigenvalue weighted by Gasteiger charge is -2.22. The summed E-state index contributed by atoms with van der Waals surface area (Å²) < 4.78 is 10.2. The summed E-state index contributed by atoms with van der Waals surface area (Å²) in [4.78, 5) is 51.0. The van der Waals surface area contributed by atoms with Crippen molar-refractivity contribution in [3.8, 4) is 0 Å². The molecule has 1 fully saturated rings. The summed E-state index contributed by atoms with van der Waals surface area (Å²) in [5.74, 6) is -1.43. The number of hydrogen-bond donors (Lipinski definition) is 1. The number of esters is 1. The van der Waals surface area contributed by atoms with E-state index in [0.29, 0.717) is 6.54 Å². The molecular weight excluding hydrogens is 390 g/mol. The van der Waals surface area contributed by atoms with Crippen molar-refractivity contribution in [2.45, 2.75) is 51.6 Å². The summed E-state index contributed by atoms with van der Waals surface area (Å²) in [7, 11) is 4.12. The molecule has 0 aromatic carbocycles. The Kier molecular flexibility index (Phi) is 13.1. The molecule has 30 heavy (non-hydrogen) atoms. The van der Waals surface area contributed by atoms with Crippen LogP contribution in [0.3, 0.4) is 0 Å². The van der Waals surface area contributed by atoms with Crippen molar-refractivity contribution in [1.29, 1.82) is 0 Å². The van der Waals surface area contributed by atoms with E-state index in [1.807, 2.05) is 0 Å². The molecule has 0 saturated heterocycles. The molecule has 1 amide bonds. The summed E-state index contributed by atoms with van der Waals surface area (Å²) in [5, 5.41) is 2.89. The van der Waals surface area contributed by atoms with E-state index in [9.17, 15) is 19.2 Å². The molecule has 0 atom stereocenters. The maximum absolute atomic E-state index is 11.9. The van der Waals surface area contributed by atoms with E-state index in [2.05, 4.69) is 36.1 Å². The fourth-order valence-electron chi connectivity index (χ4n) is 3.14. The molecule has 0 radical (unpaired) electrons. The Labute approximate surface area is 179 Å². The maximum atomic E-state index is 11.9. The number of carbonyl (C=O) groups is 4. The molecule has 1 aliphatic carbocycles. The molecule has 1 aliphatic rings. The lowest BCUT2D eigenvalue weighted by molar-refractivity contribution is -0.158. The number of nitrogens with one attached hydrogen (secondary N) is 1. The summed E-state index contributed by atoms with van der Waals surface area (Å²) in [6, 6.07) is 0. The molecule has 172 valence electrons. The van der Waals surface area contributed by atoms with Crippen molar-refractivity contribution >= 4 is 23.4 Å². The Morgan fingerprint density at radius 1 is 1.00 bits per heavy atom. The monoisotopic (exact) mass is 427 g/mol. The molecule has 0 heterocycles. The second kappa shape index (κ2) is 15.0. The smallest absolute Gasteiger partial charge is 0.309 e. The van der Waals surface area contributed by atoms with Crippen LogP contribution in [0.1, 0.15) is 45.4 Å². The minimum atomic E-state index is -1.24. The molecule has 1 N–H and O–H groups in total. The molecule has 1 saturated carbocycles. The molecule has 1 rings (SSSR count). The Balaban J connectivity index is 2.07. The van der Waals surface area contributed by atoms with Crippen molar-refractivity contribution in [2.24, 2.45) is 0 Å². The van der Waals surface area contributed by atoms with Gasteiger partial charge in [0.1, 0.15) is 0 Å². The quantitative estimate of drug-likeness (QED) is 0.214. The van der Waals surface area contributed by atoms with Gasteiger partial charge in [0.05, 0.1) is 19.6 Å². The normalized spacial score (nSPS) is 14.7. The highest BCUT2D eigenvalue weighted by atomic mass is 16.6. The van der Waals surface area contributed by atoms with E-state index in [4.69, 9.17) is 9.47 Å². The zero-order valence-electron chi connectivity index (χ0n) is 18.6. The Morgan fingerprint density at radius 2 is 1.67 bits per heavy atom. The number of Topliss-reactive ketones (excluding diaryl/α,β-unsaturated/α-hetero) is 2. The van der Waals surface area contributed by atoms with Crippen LogP contribution in [0.25, 0.3) is 0 Å². The van der Waals surface area contributed by atoms with Gasteiger partial charge in [-0.1, -0.05) is 6.92 Å². The fraction of sp³-hybridized carbons (Fsp3) is 0.810. The number of ketones is 2. The predicted molar refractivity (Wildman–Crippen MR) is 112 cm³/mol. The minimum Gasteiger partial charge on any atom is -0.446 e. The second-order valence-electron chi connectivity index (χ2n) is 7.76. The van der Waals surface area contributed by atoms with Crippen molar-refractivity contribution in [3.05, 3.63) is 0 Å². The van der Waals surface area contributed by atoms with Crippen LogP contribution in [0.4, 0.5) is 0 Å². The lowest BCUT2D eigenvalue weighted by atomic mass is 10.3. The molecule has 0 aromatic rings. The zero-order valence-corrected chi connectivity index (χ0v) is 18.6. The average Bonchev–Trinajstić information content (AvgIpc) is 2.99. The minimum absolute atomic E-state index is 0.0579. The highest BCUT2D eigenvalue weighted by Crippen LogP contribution is 2.14. The van der Waals surface area contributed by atoms with Crippen LogP contribution in [0.5, 0.6) is 0 Å². The molecule has 0 bridgehead atoms. The van der Waals surface area contributed by atoms with E-state index >= 15 is 0 Å². The van der Waals surface area contributed by atoms with Gasteiger partial charge in [-0.2, -0.15) is 0 Å². The Hall–Kier alpha value is -1.84. The highest BCUT2D eigenvalue weighted by molar-refractivity contribution is 6.12. The molecule has 9 heteroatoms. The van der Waals surface area contributed by atoms with Crippen LogP contribution in [0.2, 0.25) is 0 Å². The standard InChI is InChI=1S/C21H37N3O6/c1-4-11-24(13-5-12-23(2)3)14-10-22-19(27)8-15-29-16-9-20(28)30-21-17(25)6-7-18(21)26/h21H,4-16H2,1-3H3,(H,22,27). The van der Waals surface area contributed by atoms with E-state index < -0.39 is 12.1 Å². The first-order valence-electron chi connectivity index (χ1n) is 10.8. The summed E-state index contributed by atoms with van der Waals surface area (Å²) in [6.45, 7) is 6.91. The largest absolute Gasteiger partial charge is 0.446 e. The third-order valence-corrected chi connectivity index (χ3v) is 4.75. The fourth-order valence-corrected chi connectivity index (χ4v) is 3.14. The molecule has 0 aromatic heterocycles. The highest BCUT2D eigenvalue weighted by Gasteiger charge is 2.35. The Bertz CT molecular complexity index is 551. The van der Waals surface area contributed by atoms with E-state index in [1.165, 1.54) is 0 Å². The van der Waals surface area contributed by atoms with Crippen LogP contribution in [0, 0.1) is 0 Å². The average molecular weight is 428 g/mol. The number of hydrogen-bond acceptors (Lipinski definition) is 8. The van der Waals surface area contributed by atoms with Gasteiger partial charge < -0.3 is 24.6 Å². The molecular formula is C21H37N3O6. The topological polar surface area (TPSA) is 105 Å². The first-order valence-corrected chi connectivity index (χ1v) is 10.8. The number of carbonyl (C=O) groups excluding carboxylic acids is 4. The molecule has 9 nitrogen and oxygen atoms in total. The third kappa shape index (κ3) is 11.4. The first-order chi connectivity index (χ1) is 14.3. The second-order valence-corrected chi connectivity index (χ2v) is 7.76. The van der Waals surface area contributed by atoms with E-state index in [1.54, 1.807) is 0 Å². The first kappa shape index (κ1) is 26.2. The van der Waals surface area contributed by atoms with Crippen molar-refractivity contribution in [2.75, 3.05) is 60.0 Å². The predicted octanol–water partition coefficient (Wildman–Crippen LogP) is 0.407. The zero-order chi connectivity index (χ0) is 22.4. The molecule has 0 aliphatic heterocycles. The SMILES string of the molecule is CCCN(CCCN(C)C)CCNC(=O)CCOCCC(=O)OC1C(=O)CCC1=O. The number of ether oxygens (including phenoxy) is 2.